The first-order valence-electron chi connectivity index (χ1n) is 1.86. The van der Waals surface area contributed by atoms with Crippen molar-refractivity contribution in [3.63, 3.8) is 0 Å². The standard InChI is InChI=1S/C2H2N4O2/c7-6(8)2-1-3-5-4-2/h1H,(H,3,4,5)/p+1. The monoisotopic (exact) mass is 115 g/mol. The van der Waals surface area contributed by atoms with Crippen LogP contribution in [0.5, 0.6) is 0 Å². The molecule has 8 heavy (non-hydrogen) atoms. The van der Waals surface area contributed by atoms with Crippen LogP contribution in [0.1, 0.15) is 0 Å². The Kier molecular flexibility index (Phi) is 0.918. The van der Waals surface area contributed by atoms with Crippen LogP contribution in [0.15, 0.2) is 6.20 Å². The van der Waals surface area contributed by atoms with Crippen LogP contribution in [0.3, 0.4) is 0 Å². The van der Waals surface area contributed by atoms with Crippen LogP contribution in [0, 0.1) is 10.1 Å². The minimum atomic E-state index is -0.590. The Morgan fingerprint density at radius 1 is 2.00 bits per heavy atom. The van der Waals surface area contributed by atoms with E-state index in [4.69, 9.17) is 0 Å². The Bertz CT molecular complexity index is 180. The van der Waals surface area contributed by atoms with Crippen LogP contribution in [-0.4, -0.2) is 15.2 Å². The minimum absolute atomic E-state index is 0.204. The molecule has 1 rings (SSSR count). The third kappa shape index (κ3) is 0.625. The van der Waals surface area contributed by atoms with E-state index in [9.17, 15) is 10.1 Å². The highest BCUT2D eigenvalue weighted by molar-refractivity contribution is 5.03. The summed E-state index contributed by atoms with van der Waals surface area (Å²) >= 11 is 0. The van der Waals surface area contributed by atoms with Crippen LogP contribution in [0.2, 0.25) is 0 Å². The molecule has 0 saturated heterocycles. The molecule has 0 aliphatic rings. The van der Waals surface area contributed by atoms with Gasteiger partial charge in [-0.05, 0) is 4.92 Å². The summed E-state index contributed by atoms with van der Waals surface area (Å²) in [4.78, 5) is 9.17. The lowest BCUT2D eigenvalue weighted by molar-refractivity contribution is -0.459. The van der Waals surface area contributed by atoms with Gasteiger partial charge in [0.15, 0.2) is 0 Å². The molecule has 1 aromatic heterocycles. The molecule has 0 fully saturated rings. The van der Waals surface area contributed by atoms with Crippen molar-refractivity contribution in [2.75, 3.05) is 0 Å². The van der Waals surface area contributed by atoms with Crippen LogP contribution < -0.4 is 5.10 Å². The normalized spacial score (nSPS) is 9.00. The fourth-order valence-electron chi connectivity index (χ4n) is 0.312. The van der Waals surface area contributed by atoms with Gasteiger partial charge in [0.1, 0.15) is 0 Å². The molecule has 1 heterocycles. The molecule has 0 aliphatic carbocycles. The van der Waals surface area contributed by atoms with Gasteiger partial charge in [-0.3, -0.25) is 0 Å². The molecule has 0 amide bonds. The highest BCUT2D eigenvalue weighted by atomic mass is 16.6. The van der Waals surface area contributed by atoms with E-state index >= 15 is 0 Å². The average molecular weight is 115 g/mol. The third-order valence-corrected chi connectivity index (χ3v) is 0.623. The number of nitrogens with zero attached hydrogens (tertiary/aromatic N) is 2. The van der Waals surface area contributed by atoms with Crippen molar-refractivity contribution in [1.82, 2.24) is 10.3 Å². The maximum Gasteiger partial charge on any atom is 0.432 e. The number of aromatic amines is 2. The molecular formula is C2H3N4O2+. The minimum Gasteiger partial charge on any atom is -0.358 e. The van der Waals surface area contributed by atoms with E-state index in [0.717, 1.165) is 0 Å². The number of rotatable bonds is 1. The van der Waals surface area contributed by atoms with Crippen LogP contribution in [-0.2, 0) is 0 Å². The Labute approximate surface area is 43.7 Å². The van der Waals surface area contributed by atoms with Gasteiger partial charge in [0, 0.05) is 0 Å². The molecule has 0 radical (unpaired) electrons. The van der Waals surface area contributed by atoms with Crippen molar-refractivity contribution in [2.45, 2.75) is 0 Å². The van der Waals surface area contributed by atoms with Gasteiger partial charge in [-0.1, -0.05) is 5.21 Å². The number of hydrogen-bond acceptors (Lipinski definition) is 3. The van der Waals surface area contributed by atoms with Crippen molar-refractivity contribution in [3.8, 4) is 0 Å². The van der Waals surface area contributed by atoms with Gasteiger partial charge in [-0.25, -0.2) is 0 Å². The van der Waals surface area contributed by atoms with E-state index in [1.54, 1.807) is 0 Å². The van der Waals surface area contributed by atoms with Crippen LogP contribution >= 0.6 is 0 Å². The maximum absolute atomic E-state index is 9.77. The van der Waals surface area contributed by atoms with Gasteiger partial charge in [-0.15, -0.1) is 0 Å². The third-order valence-electron chi connectivity index (χ3n) is 0.623. The topological polar surface area (TPSA) is 86.0 Å². The summed E-state index contributed by atoms with van der Waals surface area (Å²) in [6, 6.07) is 0. The molecule has 0 atom stereocenters. The van der Waals surface area contributed by atoms with Gasteiger partial charge in [-0.2, -0.15) is 5.10 Å². The molecular weight excluding hydrogens is 112 g/mol. The predicted molar refractivity (Wildman–Crippen MR) is 21.8 cm³/mol. The molecule has 0 aromatic carbocycles. The first-order chi connectivity index (χ1) is 3.80. The van der Waals surface area contributed by atoms with E-state index < -0.39 is 4.92 Å². The number of aromatic nitrogens is 3. The van der Waals surface area contributed by atoms with E-state index in [1.165, 1.54) is 6.20 Å². The highest BCUT2D eigenvalue weighted by Gasteiger charge is 2.06. The fourth-order valence-corrected chi connectivity index (χ4v) is 0.312. The molecule has 0 saturated carbocycles. The maximum atomic E-state index is 9.77. The Hall–Kier alpha value is -1.46. The lowest BCUT2D eigenvalue weighted by Gasteiger charge is -1.78. The lowest BCUT2D eigenvalue weighted by Crippen LogP contribution is -1.97. The quantitative estimate of drug-likeness (QED) is 0.381. The first-order valence-corrected chi connectivity index (χ1v) is 1.86. The second-order valence-corrected chi connectivity index (χ2v) is 1.13. The SMILES string of the molecule is O=[N+]([O-])c1c[nH+][nH]n1. The molecule has 0 bridgehead atoms. The Morgan fingerprint density at radius 3 is 3.00 bits per heavy atom. The smallest absolute Gasteiger partial charge is 0.358 e. The zero-order valence-corrected chi connectivity index (χ0v) is 3.79. The lowest BCUT2D eigenvalue weighted by atomic mass is 10.8. The van der Waals surface area contributed by atoms with Crippen molar-refractivity contribution in [2.24, 2.45) is 0 Å². The van der Waals surface area contributed by atoms with Crippen LogP contribution in [0.4, 0.5) is 5.82 Å². The molecule has 6 nitrogen and oxygen atoms in total. The summed E-state index contributed by atoms with van der Waals surface area (Å²) < 4.78 is 0. The summed E-state index contributed by atoms with van der Waals surface area (Å²) in [6.45, 7) is 0. The summed E-state index contributed by atoms with van der Waals surface area (Å²) in [5.41, 5.74) is 0. The molecule has 0 spiro atoms. The van der Waals surface area contributed by atoms with Crippen molar-refractivity contribution in [3.05, 3.63) is 16.3 Å². The van der Waals surface area contributed by atoms with E-state index in [1.807, 2.05) is 0 Å². The average Bonchev–Trinajstić information content (AvgIpc) is 2.12. The van der Waals surface area contributed by atoms with Gasteiger partial charge in [0.2, 0.25) is 6.20 Å². The summed E-state index contributed by atoms with van der Waals surface area (Å²) in [7, 11) is 0. The molecule has 2 N–H and O–H groups in total. The Morgan fingerprint density at radius 2 is 2.75 bits per heavy atom. The summed E-state index contributed by atoms with van der Waals surface area (Å²) in [6.07, 6.45) is 1.17. The number of H-pyrrole nitrogens is 2. The van der Waals surface area contributed by atoms with Gasteiger partial charge >= 0.3 is 5.82 Å². The second-order valence-electron chi connectivity index (χ2n) is 1.13. The van der Waals surface area contributed by atoms with Gasteiger partial charge < -0.3 is 10.1 Å². The molecule has 0 unspecified atom stereocenters. The van der Waals surface area contributed by atoms with Gasteiger partial charge in [0.05, 0.1) is 5.10 Å². The molecule has 1 aromatic rings. The zero-order valence-electron chi connectivity index (χ0n) is 3.79. The van der Waals surface area contributed by atoms with Crippen molar-refractivity contribution in [1.29, 1.82) is 0 Å². The summed E-state index contributed by atoms with van der Waals surface area (Å²) in [5, 5.41) is 17.5. The first kappa shape index (κ1) is 4.69. The number of nitro groups is 1. The molecule has 42 valence electrons. The summed E-state index contributed by atoms with van der Waals surface area (Å²) in [5.74, 6) is -0.204. The molecule has 6 heteroatoms. The van der Waals surface area contributed by atoms with Crippen molar-refractivity contribution < 1.29 is 10.0 Å². The Balaban J connectivity index is 2.93. The van der Waals surface area contributed by atoms with Crippen molar-refractivity contribution >= 4 is 5.82 Å². The fraction of sp³-hybridized carbons (Fsp3) is 0. The second kappa shape index (κ2) is 1.57. The predicted octanol–water partition coefficient (Wildman–Crippen LogP) is -0.868. The number of nitrogens with one attached hydrogen (secondary N) is 2. The molecule has 0 aliphatic heterocycles. The highest BCUT2D eigenvalue weighted by Crippen LogP contribution is 1.95. The van der Waals surface area contributed by atoms with E-state index in [-0.39, 0.29) is 5.82 Å². The number of hydrogen-bond donors (Lipinski definition) is 1. The largest absolute Gasteiger partial charge is 0.432 e. The van der Waals surface area contributed by atoms with E-state index in [2.05, 4.69) is 15.4 Å². The zero-order chi connectivity index (χ0) is 5.98. The van der Waals surface area contributed by atoms with E-state index in [0.29, 0.717) is 0 Å². The van der Waals surface area contributed by atoms with Gasteiger partial charge in [0.25, 0.3) is 0 Å². The van der Waals surface area contributed by atoms with Crippen LogP contribution in [0.25, 0.3) is 0 Å².